The molecule has 0 aliphatic carbocycles. The molecule has 2 heterocycles. The second-order valence-corrected chi connectivity index (χ2v) is 4.43. The molecule has 19 heavy (non-hydrogen) atoms. The van der Waals surface area contributed by atoms with E-state index in [4.69, 9.17) is 9.84 Å². The van der Waals surface area contributed by atoms with Crippen LogP contribution in [0.4, 0.5) is 0 Å². The summed E-state index contributed by atoms with van der Waals surface area (Å²) in [7, 11) is 0. The van der Waals surface area contributed by atoms with Crippen LogP contribution in [0, 0.1) is 0 Å². The standard InChI is InChI=1S/C12H17N3O4/c16-11(17)4-6-15-10(3-5-14-15)12(18)13-8-9-2-1-7-19-9/h3,5,9H,1-2,4,6-8H2,(H,13,18)(H,16,17). The van der Waals surface area contributed by atoms with Gasteiger partial charge in [0.15, 0.2) is 0 Å². The molecule has 0 aromatic carbocycles. The smallest absolute Gasteiger partial charge is 0.305 e. The molecule has 1 aliphatic rings. The van der Waals surface area contributed by atoms with Gasteiger partial charge >= 0.3 is 5.97 Å². The van der Waals surface area contributed by atoms with E-state index < -0.39 is 5.97 Å². The maximum Gasteiger partial charge on any atom is 0.305 e. The summed E-state index contributed by atoms with van der Waals surface area (Å²) in [5.74, 6) is -1.17. The molecule has 0 radical (unpaired) electrons. The maximum absolute atomic E-state index is 12.0. The van der Waals surface area contributed by atoms with Crippen molar-refractivity contribution in [3.63, 3.8) is 0 Å². The Bertz CT molecular complexity index is 452. The number of nitrogens with zero attached hydrogens (tertiary/aromatic N) is 2. The molecule has 1 aromatic rings. The third kappa shape index (κ3) is 3.78. The number of carboxylic acids is 1. The molecular weight excluding hydrogens is 250 g/mol. The Morgan fingerprint density at radius 3 is 3.11 bits per heavy atom. The highest BCUT2D eigenvalue weighted by Gasteiger charge is 2.18. The number of nitrogens with one attached hydrogen (secondary N) is 1. The number of hydrogen-bond donors (Lipinski definition) is 2. The van der Waals surface area contributed by atoms with Gasteiger partial charge < -0.3 is 15.2 Å². The van der Waals surface area contributed by atoms with Crippen LogP contribution < -0.4 is 5.32 Å². The molecule has 7 nitrogen and oxygen atoms in total. The van der Waals surface area contributed by atoms with Gasteiger partial charge in [0.05, 0.1) is 19.1 Å². The molecule has 104 valence electrons. The summed E-state index contributed by atoms with van der Waals surface area (Å²) in [5, 5.41) is 15.4. The largest absolute Gasteiger partial charge is 0.481 e. The fraction of sp³-hybridized carbons (Fsp3) is 0.583. The molecule has 2 N–H and O–H groups in total. The molecule has 1 aromatic heterocycles. The summed E-state index contributed by atoms with van der Waals surface area (Å²) in [5.41, 5.74) is 0.374. The van der Waals surface area contributed by atoms with Gasteiger partial charge in [0.25, 0.3) is 5.91 Å². The fourth-order valence-electron chi connectivity index (χ4n) is 2.01. The number of aliphatic carboxylic acids is 1. The lowest BCUT2D eigenvalue weighted by atomic mass is 10.2. The number of amides is 1. The summed E-state index contributed by atoms with van der Waals surface area (Å²) < 4.78 is 6.82. The van der Waals surface area contributed by atoms with Gasteiger partial charge in [-0.05, 0) is 18.9 Å². The van der Waals surface area contributed by atoms with Gasteiger partial charge in [-0.15, -0.1) is 0 Å². The van der Waals surface area contributed by atoms with Crippen LogP contribution in [0.2, 0.25) is 0 Å². The molecule has 7 heteroatoms. The first kappa shape index (κ1) is 13.5. The zero-order valence-corrected chi connectivity index (χ0v) is 10.5. The molecule has 2 rings (SSSR count). The minimum atomic E-state index is -0.916. The summed E-state index contributed by atoms with van der Waals surface area (Å²) in [6, 6.07) is 1.58. The van der Waals surface area contributed by atoms with E-state index in [9.17, 15) is 9.59 Å². The van der Waals surface area contributed by atoms with Crippen LogP contribution in [-0.2, 0) is 16.1 Å². The van der Waals surface area contributed by atoms with Gasteiger partial charge in [-0.25, -0.2) is 0 Å². The van der Waals surface area contributed by atoms with E-state index in [1.54, 1.807) is 6.07 Å². The van der Waals surface area contributed by atoms with Gasteiger partial charge in [0, 0.05) is 19.3 Å². The molecule has 1 saturated heterocycles. The first-order valence-electron chi connectivity index (χ1n) is 6.30. The lowest BCUT2D eigenvalue weighted by Gasteiger charge is -2.11. The second-order valence-electron chi connectivity index (χ2n) is 4.43. The van der Waals surface area contributed by atoms with Crippen molar-refractivity contribution in [2.24, 2.45) is 0 Å². The molecule has 1 fully saturated rings. The van der Waals surface area contributed by atoms with Crippen molar-refractivity contribution in [3.8, 4) is 0 Å². The Morgan fingerprint density at radius 1 is 1.58 bits per heavy atom. The third-order valence-electron chi connectivity index (χ3n) is 3.00. The van der Waals surface area contributed by atoms with E-state index in [1.807, 2.05) is 0 Å². The Labute approximate surface area is 110 Å². The molecule has 1 amide bonds. The number of aromatic nitrogens is 2. The Kier molecular flexibility index (Phi) is 4.51. The Morgan fingerprint density at radius 2 is 2.42 bits per heavy atom. The topological polar surface area (TPSA) is 93.5 Å². The van der Waals surface area contributed by atoms with Crippen LogP contribution >= 0.6 is 0 Å². The van der Waals surface area contributed by atoms with E-state index in [0.717, 1.165) is 19.4 Å². The molecule has 0 spiro atoms. The van der Waals surface area contributed by atoms with E-state index in [0.29, 0.717) is 12.2 Å². The number of aryl methyl sites for hydroxylation is 1. The van der Waals surface area contributed by atoms with Crippen LogP contribution in [0.25, 0.3) is 0 Å². The van der Waals surface area contributed by atoms with Crippen LogP contribution in [0.5, 0.6) is 0 Å². The van der Waals surface area contributed by atoms with Crippen molar-refractivity contribution in [3.05, 3.63) is 18.0 Å². The van der Waals surface area contributed by atoms with Gasteiger partial charge in [-0.3, -0.25) is 14.3 Å². The fourth-order valence-corrected chi connectivity index (χ4v) is 2.01. The molecule has 1 unspecified atom stereocenters. The summed E-state index contributed by atoms with van der Waals surface area (Å²) in [4.78, 5) is 22.5. The molecule has 1 atom stereocenters. The van der Waals surface area contributed by atoms with Crippen molar-refractivity contribution in [1.82, 2.24) is 15.1 Å². The Hall–Kier alpha value is -1.89. The molecule has 0 bridgehead atoms. The number of ether oxygens (including phenoxy) is 1. The molecule has 0 saturated carbocycles. The Balaban J connectivity index is 1.87. The van der Waals surface area contributed by atoms with Gasteiger partial charge in [0.2, 0.25) is 0 Å². The first-order valence-corrected chi connectivity index (χ1v) is 6.30. The van der Waals surface area contributed by atoms with Crippen molar-refractivity contribution in [2.75, 3.05) is 13.2 Å². The molecule has 1 aliphatic heterocycles. The summed E-state index contributed by atoms with van der Waals surface area (Å²) in [6.45, 7) is 1.41. The van der Waals surface area contributed by atoms with Crippen LogP contribution in [-0.4, -0.2) is 46.0 Å². The average Bonchev–Trinajstić information content (AvgIpc) is 3.04. The van der Waals surface area contributed by atoms with Crippen molar-refractivity contribution in [1.29, 1.82) is 0 Å². The van der Waals surface area contributed by atoms with Gasteiger partial charge in [0.1, 0.15) is 5.69 Å². The lowest BCUT2D eigenvalue weighted by Crippen LogP contribution is -2.33. The minimum absolute atomic E-state index is 0.0618. The highest BCUT2D eigenvalue weighted by atomic mass is 16.5. The minimum Gasteiger partial charge on any atom is -0.481 e. The van der Waals surface area contributed by atoms with Gasteiger partial charge in [-0.2, -0.15) is 5.10 Å². The van der Waals surface area contributed by atoms with Gasteiger partial charge in [-0.1, -0.05) is 0 Å². The molecular formula is C12H17N3O4. The normalized spacial score (nSPS) is 18.4. The van der Waals surface area contributed by atoms with Crippen LogP contribution in [0.3, 0.4) is 0 Å². The van der Waals surface area contributed by atoms with E-state index in [-0.39, 0.29) is 25.0 Å². The highest BCUT2D eigenvalue weighted by Crippen LogP contribution is 2.11. The third-order valence-corrected chi connectivity index (χ3v) is 3.00. The van der Waals surface area contributed by atoms with E-state index >= 15 is 0 Å². The zero-order valence-electron chi connectivity index (χ0n) is 10.5. The number of carboxylic acid groups (broad SMARTS) is 1. The zero-order chi connectivity index (χ0) is 13.7. The van der Waals surface area contributed by atoms with Crippen molar-refractivity contribution < 1.29 is 19.4 Å². The number of carbonyl (C=O) groups is 2. The predicted molar refractivity (Wildman–Crippen MR) is 65.8 cm³/mol. The first-order chi connectivity index (χ1) is 9.16. The number of hydrogen-bond acceptors (Lipinski definition) is 4. The van der Waals surface area contributed by atoms with E-state index in [2.05, 4.69) is 10.4 Å². The average molecular weight is 267 g/mol. The monoisotopic (exact) mass is 267 g/mol. The highest BCUT2D eigenvalue weighted by molar-refractivity contribution is 5.92. The second kappa shape index (κ2) is 6.33. The summed E-state index contributed by atoms with van der Waals surface area (Å²) >= 11 is 0. The summed E-state index contributed by atoms with van der Waals surface area (Å²) in [6.07, 6.45) is 3.49. The quantitative estimate of drug-likeness (QED) is 0.771. The lowest BCUT2D eigenvalue weighted by molar-refractivity contribution is -0.137. The number of carbonyl (C=O) groups excluding carboxylic acids is 1. The van der Waals surface area contributed by atoms with Crippen LogP contribution in [0.1, 0.15) is 29.8 Å². The maximum atomic E-state index is 12.0. The van der Waals surface area contributed by atoms with Crippen molar-refractivity contribution in [2.45, 2.75) is 31.9 Å². The number of rotatable bonds is 6. The van der Waals surface area contributed by atoms with E-state index in [1.165, 1.54) is 10.9 Å². The van der Waals surface area contributed by atoms with Crippen LogP contribution in [0.15, 0.2) is 12.3 Å². The predicted octanol–water partition coefficient (Wildman–Crippen LogP) is 0.267. The SMILES string of the molecule is O=C(O)CCn1nccc1C(=O)NCC1CCCO1. The van der Waals surface area contributed by atoms with Crippen molar-refractivity contribution >= 4 is 11.9 Å².